The van der Waals surface area contributed by atoms with Crippen molar-refractivity contribution in [3.8, 4) is 0 Å². The Hall–Kier alpha value is -1.65. The van der Waals surface area contributed by atoms with Gasteiger partial charge in [-0.3, -0.25) is 9.10 Å². The molecule has 2 aliphatic heterocycles. The van der Waals surface area contributed by atoms with Crippen molar-refractivity contribution in [3.63, 3.8) is 0 Å². The topological polar surface area (TPSA) is 78.0 Å². The van der Waals surface area contributed by atoms with Crippen molar-refractivity contribution in [2.45, 2.75) is 25.6 Å². The zero-order chi connectivity index (χ0) is 20.1. The van der Waals surface area contributed by atoms with E-state index in [1.165, 1.54) is 6.92 Å². The van der Waals surface area contributed by atoms with Gasteiger partial charge in [0.2, 0.25) is 10.0 Å². The lowest BCUT2D eigenvalue weighted by molar-refractivity contribution is -0.119. The van der Waals surface area contributed by atoms with Gasteiger partial charge in [-0.1, -0.05) is 11.6 Å². The summed E-state index contributed by atoms with van der Waals surface area (Å²) in [7, 11) is -3.94. The van der Waals surface area contributed by atoms with Gasteiger partial charge in [-0.25, -0.2) is 26.9 Å². The maximum Gasteiger partial charge on any atom is 0.332 e. The molecule has 148 valence electrons. The van der Waals surface area contributed by atoms with Crippen LogP contribution in [0.15, 0.2) is 12.1 Å². The first kappa shape index (κ1) is 20.1. The third-order valence-electron chi connectivity index (χ3n) is 4.48. The number of nitrogens with zero attached hydrogens (tertiary/aromatic N) is 3. The number of halogens is 4. The molecule has 2 aliphatic rings. The van der Waals surface area contributed by atoms with Gasteiger partial charge < -0.3 is 4.90 Å². The highest BCUT2D eigenvalue weighted by Gasteiger charge is 2.52. The number of anilines is 2. The van der Waals surface area contributed by atoms with Crippen molar-refractivity contribution in [1.82, 2.24) is 4.90 Å². The summed E-state index contributed by atoms with van der Waals surface area (Å²) in [4.78, 5) is 26.7. The van der Waals surface area contributed by atoms with E-state index < -0.39 is 50.9 Å². The largest absolute Gasteiger partial charge is 0.332 e. The molecule has 7 nitrogen and oxygen atoms in total. The molecule has 2 atom stereocenters. The minimum absolute atomic E-state index is 0.0555. The first-order chi connectivity index (χ1) is 12.6. The first-order valence-corrected chi connectivity index (χ1v) is 10.5. The number of benzene rings is 1. The predicted molar refractivity (Wildman–Crippen MR) is 97.0 cm³/mol. The van der Waals surface area contributed by atoms with E-state index in [1.807, 2.05) is 0 Å². The lowest BCUT2D eigenvalue weighted by atomic mass is 10.2. The number of hydrogen-bond acceptors (Lipinski definition) is 4. The second-order valence-corrected chi connectivity index (χ2v) is 8.98. The highest BCUT2D eigenvalue weighted by atomic mass is 35.5. The van der Waals surface area contributed by atoms with Crippen LogP contribution in [0.25, 0.3) is 0 Å². The summed E-state index contributed by atoms with van der Waals surface area (Å²) in [6, 6.07) is -0.0306. The zero-order valence-electron chi connectivity index (χ0n) is 14.0. The molecule has 0 bridgehead atoms. The van der Waals surface area contributed by atoms with E-state index in [9.17, 15) is 26.8 Å². The Morgan fingerprint density at radius 1 is 1.33 bits per heavy atom. The van der Waals surface area contributed by atoms with Crippen molar-refractivity contribution >= 4 is 56.5 Å². The van der Waals surface area contributed by atoms with Crippen LogP contribution in [-0.4, -0.2) is 55.8 Å². The molecule has 0 spiro atoms. The summed E-state index contributed by atoms with van der Waals surface area (Å²) in [5.74, 6) is -1.75. The van der Waals surface area contributed by atoms with Crippen LogP contribution < -0.4 is 9.21 Å². The molecule has 3 rings (SSSR count). The number of sulfonamides is 1. The van der Waals surface area contributed by atoms with Crippen LogP contribution in [0.2, 0.25) is 5.02 Å². The summed E-state index contributed by atoms with van der Waals surface area (Å²) in [5, 5.41) is -0.964. The van der Waals surface area contributed by atoms with Crippen molar-refractivity contribution in [2.75, 3.05) is 27.5 Å². The summed E-state index contributed by atoms with van der Waals surface area (Å²) in [6.07, 6.45) is -1.48. The van der Waals surface area contributed by atoms with E-state index in [-0.39, 0.29) is 30.2 Å². The lowest BCUT2D eigenvalue weighted by Gasteiger charge is -2.25. The van der Waals surface area contributed by atoms with Crippen LogP contribution in [0.4, 0.5) is 25.0 Å². The standard InChI is InChI=1S/C15H15Cl2F2N3O4S/c1-2-21(27(25,26)7-16)11-5-12(10(19)4-9(11)17)22-14(23)13-3-8(18)6-20(13)15(22)24/h4-5,8,13H,2-3,6-7H2,1H3/t8-,13-/m0/s1. The molecule has 2 fully saturated rings. The fourth-order valence-electron chi connectivity index (χ4n) is 3.29. The molecule has 0 unspecified atom stereocenters. The van der Waals surface area contributed by atoms with Crippen LogP contribution in [0.3, 0.4) is 0 Å². The minimum atomic E-state index is -3.94. The summed E-state index contributed by atoms with van der Waals surface area (Å²) in [6.45, 7) is 1.21. The van der Waals surface area contributed by atoms with Gasteiger partial charge in [0.15, 0.2) is 0 Å². The highest BCUT2D eigenvalue weighted by molar-refractivity contribution is 7.93. The number of rotatable bonds is 5. The molecule has 2 saturated heterocycles. The summed E-state index contributed by atoms with van der Waals surface area (Å²) < 4.78 is 53.2. The van der Waals surface area contributed by atoms with Gasteiger partial charge in [0.1, 0.15) is 23.2 Å². The second kappa shape index (κ2) is 7.06. The van der Waals surface area contributed by atoms with E-state index in [4.69, 9.17) is 23.2 Å². The zero-order valence-corrected chi connectivity index (χ0v) is 16.4. The number of imide groups is 1. The predicted octanol–water partition coefficient (Wildman–Crippen LogP) is 2.71. The number of alkyl halides is 2. The molecule has 0 saturated carbocycles. The minimum Gasteiger partial charge on any atom is -0.309 e. The van der Waals surface area contributed by atoms with Crippen LogP contribution in [0, 0.1) is 5.82 Å². The monoisotopic (exact) mass is 441 g/mol. The smallest absolute Gasteiger partial charge is 0.309 e. The second-order valence-electron chi connectivity index (χ2n) is 6.10. The van der Waals surface area contributed by atoms with E-state index in [1.54, 1.807) is 0 Å². The van der Waals surface area contributed by atoms with Gasteiger partial charge in [-0.2, -0.15) is 0 Å². The molecular weight excluding hydrogens is 427 g/mol. The van der Waals surface area contributed by atoms with E-state index >= 15 is 0 Å². The molecule has 0 aliphatic carbocycles. The molecule has 3 amide bonds. The van der Waals surface area contributed by atoms with Crippen LogP contribution >= 0.6 is 23.2 Å². The number of hydrogen-bond donors (Lipinski definition) is 0. The Morgan fingerprint density at radius 3 is 2.56 bits per heavy atom. The summed E-state index contributed by atoms with van der Waals surface area (Å²) in [5.41, 5.74) is -0.565. The number of carbonyl (C=O) groups excluding carboxylic acids is 2. The van der Waals surface area contributed by atoms with Gasteiger partial charge in [0.05, 0.1) is 22.9 Å². The Kier molecular flexibility index (Phi) is 5.26. The van der Waals surface area contributed by atoms with E-state index in [2.05, 4.69) is 0 Å². The number of urea groups is 1. The van der Waals surface area contributed by atoms with E-state index in [0.29, 0.717) is 4.90 Å². The number of fused-ring (bicyclic) bond motifs is 1. The lowest BCUT2D eigenvalue weighted by Crippen LogP contribution is -2.36. The SMILES string of the molecule is CCN(c1cc(N2C(=O)[C@@H]3C[C@H](F)CN3C2=O)c(F)cc1Cl)S(=O)(=O)CCl. The van der Waals surface area contributed by atoms with Crippen LogP contribution in [0.5, 0.6) is 0 Å². The average molecular weight is 442 g/mol. The molecule has 0 aromatic heterocycles. The quantitative estimate of drug-likeness (QED) is 0.519. The molecule has 0 radical (unpaired) electrons. The van der Waals surface area contributed by atoms with Gasteiger partial charge in [-0.05, 0) is 19.1 Å². The molecular formula is C15H15Cl2F2N3O4S. The van der Waals surface area contributed by atoms with E-state index in [0.717, 1.165) is 21.3 Å². The Morgan fingerprint density at radius 2 is 2.00 bits per heavy atom. The number of amides is 3. The highest BCUT2D eigenvalue weighted by Crippen LogP contribution is 2.39. The fourth-order valence-corrected chi connectivity index (χ4v) is 4.91. The molecule has 12 heteroatoms. The fraction of sp³-hybridized carbons (Fsp3) is 0.467. The maximum absolute atomic E-state index is 14.5. The van der Waals surface area contributed by atoms with Crippen LogP contribution in [-0.2, 0) is 14.8 Å². The van der Waals surface area contributed by atoms with Crippen molar-refractivity contribution in [1.29, 1.82) is 0 Å². The average Bonchev–Trinajstić information content (AvgIpc) is 3.09. The van der Waals surface area contributed by atoms with Gasteiger partial charge >= 0.3 is 6.03 Å². The third-order valence-corrected chi connectivity index (χ3v) is 7.01. The molecule has 1 aromatic carbocycles. The Labute approximate surface area is 164 Å². The Bertz CT molecular complexity index is 891. The molecule has 0 N–H and O–H groups in total. The summed E-state index contributed by atoms with van der Waals surface area (Å²) >= 11 is 11.5. The normalized spacial score (nSPS) is 22.6. The van der Waals surface area contributed by atoms with Crippen molar-refractivity contribution in [3.05, 3.63) is 23.0 Å². The number of carbonyl (C=O) groups is 2. The van der Waals surface area contributed by atoms with Crippen LogP contribution in [0.1, 0.15) is 13.3 Å². The van der Waals surface area contributed by atoms with Crippen molar-refractivity contribution < 1.29 is 26.8 Å². The first-order valence-electron chi connectivity index (χ1n) is 7.96. The van der Waals surface area contributed by atoms with Gasteiger partial charge in [0.25, 0.3) is 5.91 Å². The Balaban J connectivity index is 2.08. The molecule has 27 heavy (non-hydrogen) atoms. The molecule has 2 heterocycles. The van der Waals surface area contributed by atoms with Gasteiger partial charge in [-0.15, -0.1) is 11.6 Å². The third kappa shape index (κ3) is 3.23. The maximum atomic E-state index is 14.5. The molecule has 1 aromatic rings. The van der Waals surface area contributed by atoms with Crippen molar-refractivity contribution in [2.24, 2.45) is 0 Å². The van der Waals surface area contributed by atoms with Gasteiger partial charge in [0, 0.05) is 13.0 Å².